The topological polar surface area (TPSA) is 90.1 Å². The number of allylic oxidation sites excluding steroid dienone is 9. The van der Waals surface area contributed by atoms with Gasteiger partial charge in [0, 0.05) is 16.8 Å². The maximum absolute atomic E-state index is 6.57. The third kappa shape index (κ3) is 13.0. The number of nitrogens with two attached hydrogens (primary N) is 3. The smallest absolute Gasteiger partial charge is 0.0598 e. The SMILES string of the molecule is C/C=C\C.Cc1ccc(-c2ccc(-c3ccccc3)cc2)cc1.Cc1ccc(-c2ccc(-c3ccccc3)cc2)cc1.NN/C(=C1/C=CC=CC1)c1ccc(/C(N)=C2\C=CC=CC2N)c2ccccc12. The van der Waals surface area contributed by atoms with Crippen LogP contribution in [0.15, 0.2) is 266 Å². The van der Waals surface area contributed by atoms with Gasteiger partial charge in [-0.3, -0.25) is 5.84 Å². The molecule has 4 heteroatoms. The van der Waals surface area contributed by atoms with Crippen LogP contribution in [0.1, 0.15) is 42.5 Å². The van der Waals surface area contributed by atoms with Crippen LogP contribution in [0.3, 0.4) is 0 Å². The fourth-order valence-corrected chi connectivity index (χ4v) is 8.24. The molecule has 2 aliphatic carbocycles. The first-order chi connectivity index (χ1) is 34.3. The predicted octanol–water partition coefficient (Wildman–Crippen LogP) is 15.9. The van der Waals surface area contributed by atoms with Crippen molar-refractivity contribution in [2.24, 2.45) is 17.3 Å². The normalized spacial score (nSPS) is 14.9. The minimum absolute atomic E-state index is 0.203. The van der Waals surface area contributed by atoms with Gasteiger partial charge in [0.05, 0.1) is 11.7 Å². The Morgan fingerprint density at radius 1 is 0.457 bits per heavy atom. The molecule has 4 nitrogen and oxygen atoms in total. The van der Waals surface area contributed by atoms with Crippen molar-refractivity contribution in [1.29, 1.82) is 0 Å². The second-order valence-electron chi connectivity index (χ2n) is 17.2. The van der Waals surface area contributed by atoms with Crippen LogP contribution in [0, 0.1) is 13.8 Å². The van der Waals surface area contributed by atoms with Gasteiger partial charge in [0.2, 0.25) is 0 Å². The zero-order valence-electron chi connectivity index (χ0n) is 40.8. The van der Waals surface area contributed by atoms with Gasteiger partial charge < -0.3 is 16.9 Å². The number of hydrazine groups is 1. The molecule has 0 fully saturated rings. The van der Waals surface area contributed by atoms with Crippen LogP contribution in [0.2, 0.25) is 0 Å². The van der Waals surface area contributed by atoms with Crippen LogP contribution in [0.5, 0.6) is 0 Å². The summed E-state index contributed by atoms with van der Waals surface area (Å²) in [6.45, 7) is 8.23. The summed E-state index contributed by atoms with van der Waals surface area (Å²) in [4.78, 5) is 0. The monoisotopic (exact) mass is 913 g/mol. The number of fused-ring (bicyclic) bond motifs is 1. The molecule has 0 heterocycles. The maximum Gasteiger partial charge on any atom is 0.0598 e. The molecule has 70 heavy (non-hydrogen) atoms. The molecule has 10 rings (SSSR count). The number of rotatable bonds is 7. The molecule has 0 aliphatic heterocycles. The Hall–Kier alpha value is -8.28. The molecule has 8 aromatic carbocycles. The fourth-order valence-electron chi connectivity index (χ4n) is 8.24. The summed E-state index contributed by atoms with van der Waals surface area (Å²) in [5, 5.41) is 2.17. The number of hydrogen-bond acceptors (Lipinski definition) is 4. The zero-order valence-corrected chi connectivity index (χ0v) is 40.8. The van der Waals surface area contributed by atoms with E-state index in [2.05, 4.69) is 201 Å². The quantitative estimate of drug-likeness (QED) is 0.0728. The van der Waals surface area contributed by atoms with E-state index < -0.39 is 0 Å². The first-order valence-electron chi connectivity index (χ1n) is 24.0. The second kappa shape index (κ2) is 25.2. The number of nitrogens with one attached hydrogen (secondary N) is 1. The first kappa shape index (κ1) is 49.6. The van der Waals surface area contributed by atoms with E-state index in [1.807, 2.05) is 86.7 Å². The average Bonchev–Trinajstić information content (AvgIpc) is 3.43. The zero-order chi connectivity index (χ0) is 49.1. The minimum Gasteiger partial charge on any atom is -0.398 e. The largest absolute Gasteiger partial charge is 0.398 e. The lowest BCUT2D eigenvalue weighted by molar-refractivity contribution is 0.970. The molecule has 0 spiro atoms. The lowest BCUT2D eigenvalue weighted by atomic mass is 9.90. The van der Waals surface area contributed by atoms with E-state index >= 15 is 0 Å². The van der Waals surface area contributed by atoms with E-state index in [0.717, 1.165) is 45.2 Å². The van der Waals surface area contributed by atoms with Crippen molar-refractivity contribution < 1.29 is 0 Å². The summed E-state index contributed by atoms with van der Waals surface area (Å²) in [5.74, 6) is 5.93. The first-order valence-corrected chi connectivity index (χ1v) is 24.0. The lowest BCUT2D eigenvalue weighted by Crippen LogP contribution is -2.23. The Bertz CT molecular complexity index is 3020. The van der Waals surface area contributed by atoms with Crippen LogP contribution in [-0.4, -0.2) is 6.04 Å². The van der Waals surface area contributed by atoms with Crippen molar-refractivity contribution in [3.63, 3.8) is 0 Å². The fraction of sp³-hybridized carbons (Fsp3) is 0.0909. The van der Waals surface area contributed by atoms with Gasteiger partial charge in [-0.05, 0) is 101 Å². The minimum atomic E-state index is -0.203. The highest BCUT2D eigenvalue weighted by Crippen LogP contribution is 2.34. The van der Waals surface area contributed by atoms with Crippen molar-refractivity contribution in [3.8, 4) is 44.5 Å². The molecule has 7 N–H and O–H groups in total. The number of benzene rings is 8. The standard InChI is InChI=1S/C24H24N4.2C19H16.C4H8/c25-22-13-7-6-12-21(22)23(26)19-14-15-20(18-11-5-4-10-17(18)19)24(28-27)16-8-2-1-3-9-16;2*1-15-7-9-17(10-8-15)19-13-11-18(12-14-19)16-5-3-2-4-6-16;1-3-4-2/h1-8,10-15,22,28H,9,25-27H2;2*2-14H,1H3;3-4H,1-2H3/b23-21-,24-16-;;;4-3-. The predicted molar refractivity (Wildman–Crippen MR) is 303 cm³/mol. The molecule has 0 radical (unpaired) electrons. The van der Waals surface area contributed by atoms with Crippen molar-refractivity contribution in [2.75, 3.05) is 0 Å². The Labute approximate surface area is 415 Å². The molecule has 0 saturated carbocycles. The van der Waals surface area contributed by atoms with Crippen LogP contribution in [0.25, 0.3) is 66.7 Å². The maximum atomic E-state index is 6.57. The van der Waals surface area contributed by atoms with Crippen LogP contribution >= 0.6 is 0 Å². The van der Waals surface area contributed by atoms with Gasteiger partial charge >= 0.3 is 0 Å². The molecule has 0 saturated heterocycles. The summed E-state index contributed by atoms with van der Waals surface area (Å²) in [6, 6.07) is 67.9. The van der Waals surface area contributed by atoms with E-state index in [-0.39, 0.29) is 6.04 Å². The Balaban J connectivity index is 0.000000153. The van der Waals surface area contributed by atoms with E-state index in [1.54, 1.807) is 0 Å². The van der Waals surface area contributed by atoms with E-state index in [4.69, 9.17) is 17.3 Å². The summed E-state index contributed by atoms with van der Waals surface area (Å²) >= 11 is 0. The van der Waals surface area contributed by atoms with Crippen LogP contribution < -0.4 is 22.7 Å². The highest BCUT2D eigenvalue weighted by atomic mass is 15.2. The molecule has 0 bridgehead atoms. The van der Waals surface area contributed by atoms with Gasteiger partial charge in [0.15, 0.2) is 0 Å². The highest BCUT2D eigenvalue weighted by Gasteiger charge is 2.17. The molecular weight excluding hydrogens is 849 g/mol. The molecule has 8 aromatic rings. The lowest BCUT2D eigenvalue weighted by Gasteiger charge is -2.19. The Morgan fingerprint density at radius 3 is 1.24 bits per heavy atom. The van der Waals surface area contributed by atoms with Gasteiger partial charge in [-0.25, -0.2) is 0 Å². The molecular formula is C66H64N4. The molecule has 2 aliphatic rings. The van der Waals surface area contributed by atoms with Crippen molar-refractivity contribution in [3.05, 3.63) is 288 Å². The Morgan fingerprint density at radius 2 is 0.843 bits per heavy atom. The van der Waals surface area contributed by atoms with E-state index in [1.165, 1.54) is 55.6 Å². The average molecular weight is 913 g/mol. The number of hydrogen-bond donors (Lipinski definition) is 4. The van der Waals surface area contributed by atoms with Crippen LogP contribution in [0.4, 0.5) is 0 Å². The highest BCUT2D eigenvalue weighted by molar-refractivity contribution is 6.01. The van der Waals surface area contributed by atoms with E-state index in [9.17, 15) is 0 Å². The van der Waals surface area contributed by atoms with Crippen molar-refractivity contribution in [2.45, 2.75) is 40.2 Å². The molecule has 1 atom stereocenters. The second-order valence-corrected chi connectivity index (χ2v) is 17.2. The van der Waals surface area contributed by atoms with Gasteiger partial charge in [-0.1, -0.05) is 266 Å². The summed E-state index contributed by atoms with van der Waals surface area (Å²) in [5.41, 5.74) is 34.1. The van der Waals surface area contributed by atoms with Gasteiger partial charge in [-0.15, -0.1) is 0 Å². The number of aryl methyl sites for hydroxylation is 2. The van der Waals surface area contributed by atoms with E-state index in [0.29, 0.717) is 5.70 Å². The van der Waals surface area contributed by atoms with Crippen LogP contribution in [-0.2, 0) is 0 Å². The summed E-state index contributed by atoms with van der Waals surface area (Å²) in [7, 11) is 0. The summed E-state index contributed by atoms with van der Waals surface area (Å²) < 4.78 is 0. The van der Waals surface area contributed by atoms with Gasteiger partial charge in [0.25, 0.3) is 0 Å². The van der Waals surface area contributed by atoms with Crippen molar-refractivity contribution >= 4 is 22.2 Å². The third-order valence-corrected chi connectivity index (χ3v) is 12.3. The van der Waals surface area contributed by atoms with Gasteiger partial charge in [-0.2, -0.15) is 0 Å². The molecule has 348 valence electrons. The molecule has 0 amide bonds. The molecule has 1 unspecified atom stereocenters. The molecule has 0 aromatic heterocycles. The third-order valence-electron chi connectivity index (χ3n) is 12.3. The van der Waals surface area contributed by atoms with Crippen molar-refractivity contribution in [1.82, 2.24) is 5.43 Å². The Kier molecular flexibility index (Phi) is 17.9. The summed E-state index contributed by atoms with van der Waals surface area (Å²) in [6.07, 6.45) is 21.0. The van der Waals surface area contributed by atoms with Gasteiger partial charge in [0.1, 0.15) is 0 Å².